The maximum absolute atomic E-state index is 13.1. The smallest absolute Gasteiger partial charge is 0.322 e. The van der Waals surface area contributed by atoms with Crippen LogP contribution >= 0.6 is 12.4 Å². The summed E-state index contributed by atoms with van der Waals surface area (Å²) in [5, 5.41) is 2.77. The van der Waals surface area contributed by atoms with Crippen molar-refractivity contribution in [2.75, 3.05) is 38.2 Å². The molecule has 7 nitrogen and oxygen atoms in total. The van der Waals surface area contributed by atoms with E-state index in [1.165, 1.54) is 0 Å². The van der Waals surface area contributed by atoms with E-state index in [-0.39, 0.29) is 36.3 Å². The Labute approximate surface area is 176 Å². The van der Waals surface area contributed by atoms with Crippen molar-refractivity contribution in [2.45, 2.75) is 12.0 Å². The van der Waals surface area contributed by atoms with Gasteiger partial charge in [-0.2, -0.15) is 0 Å². The first-order chi connectivity index (χ1) is 13.6. The zero-order chi connectivity index (χ0) is 19.7. The summed E-state index contributed by atoms with van der Waals surface area (Å²) in [5.74, 6) is 0.596. The van der Waals surface area contributed by atoms with Crippen molar-refractivity contribution in [2.24, 2.45) is 5.73 Å². The second-order valence-electron chi connectivity index (χ2n) is 7.16. The van der Waals surface area contributed by atoms with Crippen molar-refractivity contribution in [3.05, 3.63) is 59.7 Å². The molecule has 2 saturated heterocycles. The summed E-state index contributed by atoms with van der Waals surface area (Å²) in [7, 11) is 1.55. The number of urea groups is 1. The molecule has 2 aromatic rings. The molecule has 0 saturated carbocycles. The van der Waals surface area contributed by atoms with E-state index < -0.39 is 0 Å². The van der Waals surface area contributed by atoms with Gasteiger partial charge in [-0.3, -0.25) is 9.69 Å². The first-order valence-electron chi connectivity index (χ1n) is 9.41. The largest absolute Gasteiger partial charge is 0.495 e. The lowest BCUT2D eigenvalue weighted by molar-refractivity contribution is 0.0789. The lowest BCUT2D eigenvalue weighted by Gasteiger charge is -2.21. The molecule has 2 heterocycles. The Balaban J connectivity index is 0.00000240. The van der Waals surface area contributed by atoms with Crippen molar-refractivity contribution < 1.29 is 14.3 Å². The van der Waals surface area contributed by atoms with Crippen LogP contribution in [-0.2, 0) is 0 Å². The summed E-state index contributed by atoms with van der Waals surface area (Å²) in [6.07, 6.45) is 0. The summed E-state index contributed by atoms with van der Waals surface area (Å²) < 4.78 is 5.39. The molecule has 3 amide bonds. The Bertz CT molecular complexity index is 893. The zero-order valence-electron chi connectivity index (χ0n) is 16.2. The lowest BCUT2D eigenvalue weighted by Crippen LogP contribution is -2.32. The number of halogens is 1. The Morgan fingerprint density at radius 1 is 1.17 bits per heavy atom. The molecule has 0 aliphatic carbocycles. The number of anilines is 1. The Morgan fingerprint density at radius 2 is 1.93 bits per heavy atom. The average Bonchev–Trinajstić information content (AvgIpc) is 3.33. The van der Waals surface area contributed by atoms with Crippen LogP contribution in [0.2, 0.25) is 0 Å². The fraction of sp³-hybridized carbons (Fsp3) is 0.333. The minimum Gasteiger partial charge on any atom is -0.495 e. The second-order valence-corrected chi connectivity index (χ2v) is 7.16. The average molecular weight is 417 g/mol. The molecule has 2 atom stereocenters. The van der Waals surface area contributed by atoms with Gasteiger partial charge in [0.25, 0.3) is 5.91 Å². The van der Waals surface area contributed by atoms with Gasteiger partial charge >= 0.3 is 6.03 Å². The molecule has 8 heteroatoms. The van der Waals surface area contributed by atoms with E-state index in [9.17, 15) is 9.59 Å². The van der Waals surface area contributed by atoms with E-state index >= 15 is 0 Å². The number of nitrogens with one attached hydrogen (secondary N) is 1. The maximum atomic E-state index is 13.1. The molecule has 2 aromatic carbocycles. The number of benzene rings is 2. The third-order valence-corrected chi connectivity index (χ3v) is 5.45. The molecule has 29 heavy (non-hydrogen) atoms. The highest BCUT2D eigenvalue weighted by molar-refractivity contribution is 6.00. The van der Waals surface area contributed by atoms with Crippen LogP contribution in [0.3, 0.4) is 0 Å². The molecular formula is C21H25ClN4O3. The molecular weight excluding hydrogens is 392 g/mol. The number of nitrogens with zero attached hydrogens (tertiary/aromatic N) is 2. The predicted molar refractivity (Wildman–Crippen MR) is 114 cm³/mol. The highest BCUT2D eigenvalue weighted by atomic mass is 35.5. The van der Waals surface area contributed by atoms with Gasteiger partial charge in [-0.15, -0.1) is 12.4 Å². The van der Waals surface area contributed by atoms with Crippen molar-refractivity contribution >= 4 is 30.0 Å². The van der Waals surface area contributed by atoms with Crippen LogP contribution in [0.1, 0.15) is 21.8 Å². The van der Waals surface area contributed by atoms with Crippen LogP contribution in [-0.4, -0.2) is 56.2 Å². The van der Waals surface area contributed by atoms with Crippen molar-refractivity contribution in [3.8, 4) is 5.75 Å². The van der Waals surface area contributed by atoms with Gasteiger partial charge in [0.05, 0.1) is 12.8 Å². The van der Waals surface area contributed by atoms with Crippen LogP contribution in [0.5, 0.6) is 5.75 Å². The Kier molecular flexibility index (Phi) is 6.30. The highest BCUT2D eigenvalue weighted by Gasteiger charge is 2.35. The SMILES string of the molecule is COc1ccc(C(=O)N2C[C@@H](N)[C@H](c3ccccc3)C2)cc1N1CCNC1=O.Cl. The first-order valence-corrected chi connectivity index (χ1v) is 9.41. The number of hydrogen-bond acceptors (Lipinski definition) is 4. The topological polar surface area (TPSA) is 87.9 Å². The van der Waals surface area contributed by atoms with Crippen LogP contribution in [0, 0.1) is 0 Å². The van der Waals surface area contributed by atoms with Crippen molar-refractivity contribution in [3.63, 3.8) is 0 Å². The number of ether oxygens (including phenoxy) is 1. The van der Waals surface area contributed by atoms with E-state index in [0.29, 0.717) is 43.2 Å². The Hall–Kier alpha value is -2.77. The normalized spacial score (nSPS) is 21.0. The summed E-state index contributed by atoms with van der Waals surface area (Å²) in [6.45, 7) is 2.19. The Morgan fingerprint density at radius 3 is 2.59 bits per heavy atom. The van der Waals surface area contributed by atoms with Gasteiger partial charge in [0.15, 0.2) is 0 Å². The number of rotatable bonds is 4. The highest BCUT2D eigenvalue weighted by Crippen LogP contribution is 2.32. The number of likely N-dealkylation sites (tertiary alicyclic amines) is 1. The molecule has 154 valence electrons. The van der Waals surface area contributed by atoms with Crippen LogP contribution in [0.4, 0.5) is 10.5 Å². The fourth-order valence-electron chi connectivity index (χ4n) is 3.97. The third-order valence-electron chi connectivity index (χ3n) is 5.45. The van der Waals surface area contributed by atoms with Crippen LogP contribution in [0.15, 0.2) is 48.5 Å². The predicted octanol–water partition coefficient (Wildman–Crippen LogP) is 2.21. The maximum Gasteiger partial charge on any atom is 0.322 e. The van der Waals surface area contributed by atoms with Gasteiger partial charge in [-0.1, -0.05) is 30.3 Å². The molecule has 2 aliphatic heterocycles. The second kappa shape index (κ2) is 8.71. The number of hydrogen-bond donors (Lipinski definition) is 2. The molecule has 3 N–H and O–H groups in total. The molecule has 0 radical (unpaired) electrons. The third kappa shape index (κ3) is 4.02. The number of nitrogens with two attached hydrogens (primary N) is 1. The van der Waals surface area contributed by atoms with Crippen molar-refractivity contribution in [1.82, 2.24) is 10.2 Å². The fourth-order valence-corrected chi connectivity index (χ4v) is 3.97. The minimum atomic E-state index is -0.185. The molecule has 0 spiro atoms. The quantitative estimate of drug-likeness (QED) is 0.799. The molecule has 0 aromatic heterocycles. The van der Waals surface area contributed by atoms with E-state index in [2.05, 4.69) is 17.4 Å². The molecule has 2 fully saturated rings. The van der Waals surface area contributed by atoms with E-state index in [1.807, 2.05) is 18.2 Å². The standard InChI is InChI=1S/C21H24N4O3.ClH/c1-28-19-8-7-15(11-18(19)25-10-9-23-21(25)27)20(26)24-12-16(17(22)13-24)14-5-3-2-4-6-14;/h2-8,11,16-17H,9-10,12-13,22H2,1H3,(H,23,27);1H/t16-,17+;/m0./s1. The van der Waals surface area contributed by atoms with Crippen LogP contribution < -0.4 is 20.7 Å². The summed E-state index contributed by atoms with van der Waals surface area (Å²) in [5.41, 5.74) is 8.61. The van der Waals surface area contributed by atoms with Gasteiger partial charge in [-0.25, -0.2) is 4.79 Å². The van der Waals surface area contributed by atoms with Crippen molar-refractivity contribution in [1.29, 1.82) is 0 Å². The summed E-state index contributed by atoms with van der Waals surface area (Å²) >= 11 is 0. The number of carbonyl (C=O) groups excluding carboxylic acids is 2. The minimum absolute atomic E-state index is 0. The summed E-state index contributed by atoms with van der Waals surface area (Å²) in [6, 6.07) is 15.0. The van der Waals surface area contributed by atoms with E-state index in [0.717, 1.165) is 5.56 Å². The first kappa shape index (κ1) is 21.0. The van der Waals surface area contributed by atoms with Gasteiger partial charge in [0.1, 0.15) is 5.75 Å². The lowest BCUT2D eigenvalue weighted by atomic mass is 9.95. The number of amides is 3. The molecule has 0 unspecified atom stereocenters. The van der Waals surface area contributed by atoms with Gasteiger partial charge in [-0.05, 0) is 23.8 Å². The van der Waals surface area contributed by atoms with E-state index in [4.69, 9.17) is 10.5 Å². The van der Waals surface area contributed by atoms with Gasteiger partial charge < -0.3 is 20.7 Å². The number of carbonyl (C=O) groups is 2. The zero-order valence-corrected chi connectivity index (χ0v) is 17.0. The molecule has 0 bridgehead atoms. The van der Waals surface area contributed by atoms with E-state index in [1.54, 1.807) is 35.1 Å². The molecule has 4 rings (SSSR count). The number of methoxy groups -OCH3 is 1. The summed E-state index contributed by atoms with van der Waals surface area (Å²) in [4.78, 5) is 28.6. The van der Waals surface area contributed by atoms with Crippen LogP contribution in [0.25, 0.3) is 0 Å². The molecule has 2 aliphatic rings. The van der Waals surface area contributed by atoms with Gasteiger partial charge in [0, 0.05) is 43.7 Å². The monoisotopic (exact) mass is 416 g/mol. The van der Waals surface area contributed by atoms with Gasteiger partial charge in [0.2, 0.25) is 0 Å².